The Bertz CT molecular complexity index is 955. The Morgan fingerprint density at radius 2 is 1.55 bits per heavy atom. The molecule has 0 amide bonds. The van der Waals surface area contributed by atoms with Crippen LogP contribution in [-0.2, 0) is 7.05 Å². The van der Waals surface area contributed by atoms with E-state index in [2.05, 4.69) is 78.2 Å². The lowest BCUT2D eigenvalue weighted by Gasteiger charge is -2.35. The summed E-state index contributed by atoms with van der Waals surface area (Å²) in [5.41, 5.74) is 3.55. The number of hydrogen-bond acceptors (Lipinski definition) is 2. The molecule has 3 aromatic rings. The Morgan fingerprint density at radius 3 is 2.07 bits per heavy atom. The number of thioether (sulfide) groups is 1. The first-order valence-corrected chi connectivity index (χ1v) is 11.7. The molecule has 5 heteroatoms. The number of amidine groups is 1. The Kier molecular flexibility index (Phi) is 7.79. The van der Waals surface area contributed by atoms with Gasteiger partial charge in [0, 0.05) is 24.7 Å². The Morgan fingerprint density at radius 1 is 1.00 bits per heavy atom. The Hall–Kier alpha value is -1.34. The predicted molar refractivity (Wildman–Crippen MR) is 122 cm³/mol. The van der Waals surface area contributed by atoms with Gasteiger partial charge in [-0.05, 0) is 38.2 Å². The maximum absolute atomic E-state index is 5.31. The third kappa shape index (κ3) is 4.41. The van der Waals surface area contributed by atoms with Crippen molar-refractivity contribution in [3.63, 3.8) is 0 Å². The number of aryl methyl sites for hydroxylation is 1. The molecule has 154 valence electrons. The molecule has 1 aromatic heterocycles. The summed E-state index contributed by atoms with van der Waals surface area (Å²) < 4.78 is 2.28. The molecule has 0 N–H and O–H groups in total. The number of rotatable bonds is 3. The van der Waals surface area contributed by atoms with Crippen molar-refractivity contribution in [2.24, 2.45) is 12.0 Å². The van der Waals surface area contributed by atoms with E-state index in [-0.39, 0.29) is 24.0 Å². The molecule has 0 aliphatic heterocycles. The number of pyridine rings is 1. The molecule has 0 spiro atoms. The van der Waals surface area contributed by atoms with E-state index in [1.807, 2.05) is 0 Å². The van der Waals surface area contributed by atoms with Crippen LogP contribution in [0.15, 0.2) is 53.5 Å². The van der Waals surface area contributed by atoms with Crippen molar-refractivity contribution < 1.29 is 28.5 Å². The average molecular weight is 519 g/mol. The van der Waals surface area contributed by atoms with Gasteiger partial charge >= 0.3 is 0 Å². The number of halogens is 1. The molecule has 1 aliphatic rings. The molecular weight excluding hydrogens is 489 g/mol. The van der Waals surface area contributed by atoms with Gasteiger partial charge in [0.15, 0.2) is 5.17 Å². The minimum Gasteiger partial charge on any atom is -1.00 e. The van der Waals surface area contributed by atoms with Gasteiger partial charge < -0.3 is 28.9 Å². The van der Waals surface area contributed by atoms with Crippen molar-refractivity contribution in [1.82, 2.24) is 4.90 Å². The van der Waals surface area contributed by atoms with Gasteiger partial charge in [-0.15, -0.1) is 0 Å². The van der Waals surface area contributed by atoms with Gasteiger partial charge in [-0.2, -0.15) is 4.57 Å². The summed E-state index contributed by atoms with van der Waals surface area (Å²) in [4.78, 5) is 7.86. The normalized spacial score (nSPS) is 15.5. The molecule has 29 heavy (non-hydrogen) atoms. The number of aliphatic imine (C=N–C) groups is 1. The van der Waals surface area contributed by atoms with Crippen LogP contribution in [0, 0.1) is 0 Å². The zero-order valence-electron chi connectivity index (χ0n) is 17.6. The molecule has 1 fully saturated rings. The topological polar surface area (TPSA) is 19.5 Å². The fraction of sp³-hybridized carbons (Fsp3) is 0.417. The fourth-order valence-corrected chi connectivity index (χ4v) is 5.29. The van der Waals surface area contributed by atoms with E-state index >= 15 is 0 Å². The standard InChI is InChI=1S/C24H30N3S.HI/c1-4-27(18-12-6-5-7-13-18)24(28-3)25-23-19-14-8-10-16-21(19)26(2)22-17-11-9-15-20(22)23;/h8-11,14-18H,4-7,12-13H2,1-3H3;1H/q+1;/p-1. The van der Waals surface area contributed by atoms with Crippen molar-refractivity contribution in [3.8, 4) is 0 Å². The SMILES string of the molecule is CCN(C(=Nc1c2ccccc2[n+](C)c2ccccc12)SC)C1CCCCC1.[I-]. The minimum atomic E-state index is 0. The van der Waals surface area contributed by atoms with Crippen molar-refractivity contribution in [2.45, 2.75) is 45.1 Å². The fourth-order valence-electron chi connectivity index (χ4n) is 4.59. The number of hydrogen-bond donors (Lipinski definition) is 0. The second kappa shape index (κ2) is 10.1. The lowest BCUT2D eigenvalue weighted by molar-refractivity contribution is -0.617. The van der Waals surface area contributed by atoms with Gasteiger partial charge in [-0.3, -0.25) is 0 Å². The predicted octanol–water partition coefficient (Wildman–Crippen LogP) is 2.83. The molecule has 3 nitrogen and oxygen atoms in total. The summed E-state index contributed by atoms with van der Waals surface area (Å²) in [5.74, 6) is 0. The minimum absolute atomic E-state index is 0. The molecule has 0 bridgehead atoms. The van der Waals surface area contributed by atoms with E-state index in [0.717, 1.165) is 17.4 Å². The van der Waals surface area contributed by atoms with E-state index in [9.17, 15) is 0 Å². The van der Waals surface area contributed by atoms with Crippen LogP contribution in [-0.4, -0.2) is 28.9 Å². The van der Waals surface area contributed by atoms with E-state index < -0.39 is 0 Å². The largest absolute Gasteiger partial charge is 1.00 e. The first kappa shape index (κ1) is 22.3. The van der Waals surface area contributed by atoms with E-state index in [1.54, 1.807) is 11.8 Å². The molecule has 0 unspecified atom stereocenters. The van der Waals surface area contributed by atoms with E-state index in [4.69, 9.17) is 4.99 Å². The van der Waals surface area contributed by atoms with Gasteiger partial charge in [0.25, 0.3) is 0 Å². The first-order chi connectivity index (χ1) is 13.7. The van der Waals surface area contributed by atoms with Crippen LogP contribution in [0.25, 0.3) is 21.8 Å². The van der Waals surface area contributed by atoms with Crippen LogP contribution in [0.5, 0.6) is 0 Å². The van der Waals surface area contributed by atoms with Crippen LogP contribution in [0.3, 0.4) is 0 Å². The monoisotopic (exact) mass is 519 g/mol. The summed E-state index contributed by atoms with van der Waals surface area (Å²) in [6.45, 7) is 3.28. The highest BCUT2D eigenvalue weighted by Gasteiger charge is 2.24. The van der Waals surface area contributed by atoms with Crippen LogP contribution in [0.1, 0.15) is 39.0 Å². The summed E-state index contributed by atoms with van der Waals surface area (Å²) in [6, 6.07) is 17.9. The maximum atomic E-state index is 5.31. The number of fused-ring (bicyclic) bond motifs is 2. The highest BCUT2D eigenvalue weighted by atomic mass is 127. The van der Waals surface area contributed by atoms with Crippen LogP contribution in [0.2, 0.25) is 0 Å². The van der Waals surface area contributed by atoms with Crippen LogP contribution >= 0.6 is 11.8 Å². The molecule has 4 rings (SSSR count). The molecule has 0 saturated heterocycles. The number of para-hydroxylation sites is 2. The van der Waals surface area contributed by atoms with E-state index in [0.29, 0.717) is 6.04 Å². The van der Waals surface area contributed by atoms with Crippen molar-refractivity contribution in [1.29, 1.82) is 0 Å². The Balaban J connectivity index is 0.00000240. The quantitative estimate of drug-likeness (QED) is 0.174. The lowest BCUT2D eigenvalue weighted by atomic mass is 9.94. The summed E-state index contributed by atoms with van der Waals surface area (Å²) in [7, 11) is 2.15. The molecular formula is C24H30IN3S. The summed E-state index contributed by atoms with van der Waals surface area (Å²) >= 11 is 1.78. The van der Waals surface area contributed by atoms with Crippen molar-refractivity contribution in [3.05, 3.63) is 48.5 Å². The molecule has 1 saturated carbocycles. The van der Waals surface area contributed by atoms with Crippen LogP contribution < -0.4 is 28.5 Å². The molecule has 1 aliphatic carbocycles. The zero-order chi connectivity index (χ0) is 19.5. The van der Waals surface area contributed by atoms with Crippen LogP contribution in [0.4, 0.5) is 5.69 Å². The third-order valence-corrected chi connectivity index (χ3v) is 6.72. The molecule has 2 aromatic carbocycles. The third-order valence-electron chi connectivity index (χ3n) is 6.03. The molecule has 1 heterocycles. The molecule has 0 atom stereocenters. The second-order valence-electron chi connectivity index (χ2n) is 7.62. The van der Waals surface area contributed by atoms with Crippen molar-refractivity contribution in [2.75, 3.05) is 12.8 Å². The van der Waals surface area contributed by atoms with Gasteiger partial charge in [-0.1, -0.05) is 55.3 Å². The Labute approximate surface area is 195 Å². The average Bonchev–Trinajstić information content (AvgIpc) is 2.76. The first-order valence-electron chi connectivity index (χ1n) is 10.4. The van der Waals surface area contributed by atoms with Gasteiger partial charge in [0.1, 0.15) is 7.05 Å². The second-order valence-corrected chi connectivity index (χ2v) is 8.39. The van der Waals surface area contributed by atoms with Crippen molar-refractivity contribution >= 4 is 44.4 Å². The van der Waals surface area contributed by atoms with E-state index in [1.165, 1.54) is 53.9 Å². The molecule has 0 radical (unpaired) electrons. The van der Waals surface area contributed by atoms with Gasteiger partial charge in [0.2, 0.25) is 11.0 Å². The number of aromatic nitrogens is 1. The number of benzene rings is 2. The lowest BCUT2D eigenvalue weighted by Crippen LogP contribution is -3.00. The van der Waals surface area contributed by atoms with Gasteiger partial charge in [0.05, 0.1) is 16.5 Å². The summed E-state index contributed by atoms with van der Waals surface area (Å²) in [6.07, 6.45) is 8.81. The smallest absolute Gasteiger partial charge is 0.214 e. The highest BCUT2D eigenvalue weighted by molar-refractivity contribution is 8.13. The zero-order valence-corrected chi connectivity index (χ0v) is 20.5. The maximum Gasteiger partial charge on any atom is 0.214 e. The van der Waals surface area contributed by atoms with Gasteiger partial charge in [-0.25, -0.2) is 4.99 Å². The summed E-state index contributed by atoms with van der Waals surface area (Å²) in [5, 5.41) is 3.59. The number of nitrogens with zero attached hydrogens (tertiary/aromatic N) is 3. The highest BCUT2D eigenvalue weighted by Crippen LogP contribution is 2.34.